The average molecular weight is 431 g/mol. The number of carbonyl (C=O) groups excluding carboxylic acids is 3. The summed E-state index contributed by atoms with van der Waals surface area (Å²) >= 11 is 0. The number of sulfonamides is 1. The van der Waals surface area contributed by atoms with Crippen LogP contribution in [0.4, 0.5) is 5.69 Å². The molecule has 1 heterocycles. The van der Waals surface area contributed by atoms with Crippen molar-refractivity contribution < 1.29 is 27.5 Å². The van der Waals surface area contributed by atoms with Crippen LogP contribution in [0, 0.1) is 0 Å². The maximum Gasteiger partial charge on any atom is 0.262 e. The van der Waals surface area contributed by atoms with Crippen molar-refractivity contribution in [2.24, 2.45) is 5.14 Å². The number of hydrogen-bond acceptors (Lipinski definition) is 6. The van der Waals surface area contributed by atoms with E-state index in [1.54, 1.807) is 38.1 Å². The van der Waals surface area contributed by atoms with Gasteiger partial charge in [-0.2, -0.15) is 0 Å². The van der Waals surface area contributed by atoms with Crippen molar-refractivity contribution >= 4 is 33.4 Å². The lowest BCUT2D eigenvalue weighted by Gasteiger charge is -2.33. The molecule has 3 N–H and O–H groups in total. The third-order valence-electron chi connectivity index (χ3n) is 4.55. The third-order valence-corrected chi connectivity index (χ3v) is 5.48. The zero-order valence-corrected chi connectivity index (χ0v) is 17.2. The Morgan fingerprint density at radius 2 is 1.57 bits per heavy atom. The molecule has 0 aromatic heterocycles. The van der Waals surface area contributed by atoms with Crippen molar-refractivity contribution in [2.75, 3.05) is 18.5 Å². The van der Waals surface area contributed by atoms with E-state index >= 15 is 0 Å². The number of ether oxygens (including phenoxy) is 1. The molecule has 10 heteroatoms. The summed E-state index contributed by atoms with van der Waals surface area (Å²) in [7, 11) is -3.81. The third kappa shape index (κ3) is 4.40. The van der Waals surface area contributed by atoms with Crippen LogP contribution in [-0.4, -0.2) is 49.8 Å². The highest BCUT2D eigenvalue weighted by molar-refractivity contribution is 7.89. The lowest BCUT2D eigenvalue weighted by atomic mass is 10.0. The Morgan fingerprint density at radius 3 is 2.07 bits per heavy atom. The number of carbonyl (C=O) groups is 3. The second-order valence-corrected chi connectivity index (χ2v) is 8.98. The molecule has 0 saturated carbocycles. The van der Waals surface area contributed by atoms with Crippen LogP contribution in [0.3, 0.4) is 0 Å². The average Bonchev–Trinajstić information content (AvgIpc) is 2.93. The van der Waals surface area contributed by atoms with E-state index in [4.69, 9.17) is 9.88 Å². The predicted octanol–water partition coefficient (Wildman–Crippen LogP) is 1.36. The molecule has 2 aromatic carbocycles. The molecule has 1 aliphatic rings. The number of hydrogen-bond donors (Lipinski definition) is 2. The summed E-state index contributed by atoms with van der Waals surface area (Å²) in [4.78, 5) is 38.4. The number of benzene rings is 2. The van der Waals surface area contributed by atoms with Crippen LogP contribution in [0.5, 0.6) is 0 Å². The van der Waals surface area contributed by atoms with Crippen molar-refractivity contribution in [3.63, 3.8) is 0 Å². The molecule has 0 unspecified atom stereocenters. The molecule has 0 saturated heterocycles. The Kier molecular flexibility index (Phi) is 5.75. The molecule has 158 valence electrons. The van der Waals surface area contributed by atoms with Gasteiger partial charge >= 0.3 is 0 Å². The SMILES string of the molecule is CC(C)(COCC(=O)Nc1ccc(S(N)(=O)=O)cc1)N1C(=O)c2ccccc2C1=O. The van der Waals surface area contributed by atoms with E-state index in [0.717, 1.165) is 4.90 Å². The molecule has 3 rings (SSSR count). The zero-order chi connectivity index (χ0) is 22.1. The van der Waals surface area contributed by atoms with Gasteiger partial charge in [0, 0.05) is 5.69 Å². The minimum atomic E-state index is -3.81. The molecule has 0 radical (unpaired) electrons. The monoisotopic (exact) mass is 431 g/mol. The van der Waals surface area contributed by atoms with Crippen LogP contribution in [0.2, 0.25) is 0 Å². The molecule has 0 spiro atoms. The predicted molar refractivity (Wildman–Crippen MR) is 108 cm³/mol. The Balaban J connectivity index is 1.56. The normalized spacial score (nSPS) is 14.0. The van der Waals surface area contributed by atoms with Gasteiger partial charge in [0.05, 0.1) is 28.2 Å². The summed E-state index contributed by atoms with van der Waals surface area (Å²) in [6.45, 7) is 3.00. The van der Waals surface area contributed by atoms with E-state index in [-0.39, 0.29) is 18.1 Å². The summed E-state index contributed by atoms with van der Waals surface area (Å²) in [5.41, 5.74) is 0.0908. The number of nitrogens with two attached hydrogens (primary N) is 1. The smallest absolute Gasteiger partial charge is 0.262 e. The minimum absolute atomic E-state index is 0.0454. The maximum atomic E-state index is 12.6. The number of primary sulfonamides is 1. The van der Waals surface area contributed by atoms with Gasteiger partial charge < -0.3 is 10.1 Å². The van der Waals surface area contributed by atoms with E-state index in [1.807, 2.05) is 0 Å². The number of anilines is 1. The minimum Gasteiger partial charge on any atom is -0.369 e. The summed E-state index contributed by atoms with van der Waals surface area (Å²) in [6, 6.07) is 11.9. The fraction of sp³-hybridized carbons (Fsp3) is 0.250. The lowest BCUT2D eigenvalue weighted by molar-refractivity contribution is -0.121. The zero-order valence-electron chi connectivity index (χ0n) is 16.4. The van der Waals surface area contributed by atoms with Gasteiger partial charge in [-0.3, -0.25) is 19.3 Å². The highest BCUT2D eigenvalue weighted by Gasteiger charge is 2.44. The molecule has 0 atom stereocenters. The molecule has 9 nitrogen and oxygen atoms in total. The fourth-order valence-electron chi connectivity index (χ4n) is 3.12. The molecule has 2 aromatic rings. The fourth-order valence-corrected chi connectivity index (χ4v) is 3.64. The quantitative estimate of drug-likeness (QED) is 0.636. The van der Waals surface area contributed by atoms with Crippen LogP contribution in [0.1, 0.15) is 34.6 Å². The van der Waals surface area contributed by atoms with Gasteiger partial charge in [0.15, 0.2) is 0 Å². The Hall–Kier alpha value is -3.08. The molecule has 0 bridgehead atoms. The molecule has 0 aliphatic carbocycles. The Morgan fingerprint density at radius 1 is 1.03 bits per heavy atom. The first-order chi connectivity index (χ1) is 14.0. The number of nitrogens with zero attached hydrogens (tertiary/aromatic N) is 1. The number of fused-ring (bicyclic) bond motifs is 1. The molecule has 3 amide bonds. The highest BCUT2D eigenvalue weighted by atomic mass is 32.2. The standard InChI is InChI=1S/C20H21N3O6S/c1-20(2,23-18(25)15-5-3-4-6-16(15)19(23)26)12-29-11-17(24)22-13-7-9-14(10-8-13)30(21,27)28/h3-10H,11-12H2,1-2H3,(H,22,24)(H2,21,27,28). The first kappa shape index (κ1) is 21.6. The van der Waals surface area contributed by atoms with Gasteiger partial charge in [0.1, 0.15) is 6.61 Å². The summed E-state index contributed by atoms with van der Waals surface area (Å²) in [5, 5.41) is 7.59. The van der Waals surface area contributed by atoms with E-state index in [2.05, 4.69) is 5.32 Å². The molecule has 1 aliphatic heterocycles. The van der Waals surface area contributed by atoms with Crippen molar-refractivity contribution in [1.29, 1.82) is 0 Å². The summed E-state index contributed by atoms with van der Waals surface area (Å²) < 4.78 is 27.9. The van der Waals surface area contributed by atoms with Crippen molar-refractivity contribution in [1.82, 2.24) is 4.90 Å². The van der Waals surface area contributed by atoms with Gasteiger partial charge in [0.2, 0.25) is 15.9 Å². The largest absolute Gasteiger partial charge is 0.369 e. The van der Waals surface area contributed by atoms with Crippen LogP contribution < -0.4 is 10.5 Å². The first-order valence-corrected chi connectivity index (χ1v) is 10.5. The topological polar surface area (TPSA) is 136 Å². The van der Waals surface area contributed by atoms with Gasteiger partial charge in [-0.05, 0) is 50.2 Å². The van der Waals surface area contributed by atoms with E-state index in [1.165, 1.54) is 24.3 Å². The van der Waals surface area contributed by atoms with Gasteiger partial charge in [0.25, 0.3) is 11.8 Å². The second-order valence-electron chi connectivity index (χ2n) is 7.41. The van der Waals surface area contributed by atoms with Crippen LogP contribution in [0.25, 0.3) is 0 Å². The molecular formula is C20H21N3O6S. The lowest BCUT2D eigenvalue weighted by Crippen LogP contribution is -2.50. The first-order valence-electron chi connectivity index (χ1n) is 8.99. The summed E-state index contributed by atoms with van der Waals surface area (Å²) in [6.07, 6.45) is 0. The number of imide groups is 1. The maximum absolute atomic E-state index is 12.6. The Labute approximate surface area is 173 Å². The Bertz CT molecular complexity index is 1070. The van der Waals surface area contributed by atoms with Gasteiger partial charge in [-0.1, -0.05) is 12.1 Å². The van der Waals surface area contributed by atoms with Crippen molar-refractivity contribution in [2.45, 2.75) is 24.3 Å². The molecule has 30 heavy (non-hydrogen) atoms. The van der Waals surface area contributed by atoms with Crippen LogP contribution in [-0.2, 0) is 19.6 Å². The van der Waals surface area contributed by atoms with Crippen LogP contribution in [0.15, 0.2) is 53.4 Å². The molecule has 0 fully saturated rings. The van der Waals surface area contributed by atoms with E-state index in [9.17, 15) is 22.8 Å². The van der Waals surface area contributed by atoms with Crippen molar-refractivity contribution in [3.8, 4) is 0 Å². The number of rotatable bonds is 7. The number of amides is 3. The second kappa shape index (κ2) is 7.98. The van der Waals surface area contributed by atoms with E-state index in [0.29, 0.717) is 16.8 Å². The van der Waals surface area contributed by atoms with Crippen molar-refractivity contribution in [3.05, 3.63) is 59.7 Å². The van der Waals surface area contributed by atoms with Gasteiger partial charge in [-0.25, -0.2) is 13.6 Å². The number of nitrogens with one attached hydrogen (secondary N) is 1. The van der Waals surface area contributed by atoms with Crippen LogP contribution >= 0.6 is 0 Å². The highest BCUT2D eigenvalue weighted by Crippen LogP contribution is 2.29. The van der Waals surface area contributed by atoms with Gasteiger partial charge in [-0.15, -0.1) is 0 Å². The van der Waals surface area contributed by atoms with E-state index < -0.39 is 33.3 Å². The molecular weight excluding hydrogens is 410 g/mol. The summed E-state index contributed by atoms with van der Waals surface area (Å²) in [5.74, 6) is -1.27.